The molecule has 1 aromatic carbocycles. The van der Waals surface area contributed by atoms with Crippen LogP contribution in [-0.2, 0) is 6.42 Å². The zero-order valence-electron chi connectivity index (χ0n) is 13.6. The minimum absolute atomic E-state index is 0.0593. The molecule has 0 bridgehead atoms. The van der Waals surface area contributed by atoms with E-state index in [-0.39, 0.29) is 6.04 Å². The number of hydrogen-bond acceptors (Lipinski definition) is 4. The van der Waals surface area contributed by atoms with Gasteiger partial charge in [0.25, 0.3) is 0 Å². The van der Waals surface area contributed by atoms with Crippen molar-refractivity contribution in [2.24, 2.45) is 0 Å². The smallest absolute Gasteiger partial charge is 0.122 e. The lowest BCUT2D eigenvalue weighted by molar-refractivity contribution is 0.245. The molecule has 0 amide bonds. The number of benzene rings is 1. The first-order chi connectivity index (χ1) is 10.1. The minimum atomic E-state index is -0.0593. The molecule has 0 saturated heterocycles. The number of nitrogens with zero attached hydrogens (tertiary/aromatic N) is 2. The second-order valence-electron chi connectivity index (χ2n) is 5.37. The maximum atomic E-state index is 9.06. The highest BCUT2D eigenvalue weighted by molar-refractivity contribution is 5.33. The van der Waals surface area contributed by atoms with Crippen LogP contribution in [0.25, 0.3) is 0 Å². The summed E-state index contributed by atoms with van der Waals surface area (Å²) in [6.45, 7) is 5.97. The summed E-state index contributed by atoms with van der Waals surface area (Å²) < 4.78 is 5.40. The van der Waals surface area contributed by atoms with Crippen LogP contribution in [0.15, 0.2) is 24.3 Å². The van der Waals surface area contributed by atoms with Crippen molar-refractivity contribution in [2.45, 2.75) is 38.8 Å². The molecule has 1 aromatic rings. The second kappa shape index (κ2) is 9.38. The number of rotatable bonds is 9. The van der Waals surface area contributed by atoms with E-state index in [4.69, 9.17) is 10.00 Å². The normalized spacial score (nSPS) is 13.7. The summed E-state index contributed by atoms with van der Waals surface area (Å²) in [5.41, 5.74) is 1.22. The van der Waals surface area contributed by atoms with Gasteiger partial charge in [-0.05, 0) is 45.0 Å². The van der Waals surface area contributed by atoms with E-state index in [0.717, 1.165) is 31.7 Å². The number of nitrogens with one attached hydrogen (secondary N) is 1. The molecule has 0 aliphatic heterocycles. The molecule has 0 heterocycles. The predicted molar refractivity (Wildman–Crippen MR) is 86.5 cm³/mol. The van der Waals surface area contributed by atoms with Gasteiger partial charge in [-0.2, -0.15) is 5.26 Å². The van der Waals surface area contributed by atoms with Crippen molar-refractivity contribution in [1.82, 2.24) is 10.2 Å². The number of likely N-dealkylation sites (N-methyl/N-ethyl adjacent to an activating group) is 1. The van der Waals surface area contributed by atoms with Crippen LogP contribution in [0.4, 0.5) is 0 Å². The Morgan fingerprint density at radius 3 is 2.71 bits per heavy atom. The lowest BCUT2D eigenvalue weighted by atomic mass is 10.0. The van der Waals surface area contributed by atoms with Crippen LogP contribution in [0.2, 0.25) is 0 Å². The van der Waals surface area contributed by atoms with E-state index in [2.05, 4.69) is 36.3 Å². The Bertz CT molecular complexity index is 456. The van der Waals surface area contributed by atoms with Crippen molar-refractivity contribution in [3.63, 3.8) is 0 Å². The standard InChI is InChI=1S/C17H27N3O/c1-5-19-16(13-18)10-11-20(3)14(2)12-15-8-6-7-9-17(15)21-4/h6-9,14,16,19H,5,10-12H2,1-4H3. The van der Waals surface area contributed by atoms with Gasteiger partial charge in [-0.3, -0.25) is 0 Å². The van der Waals surface area contributed by atoms with E-state index < -0.39 is 0 Å². The van der Waals surface area contributed by atoms with Crippen LogP contribution in [-0.4, -0.2) is 44.2 Å². The van der Waals surface area contributed by atoms with Crippen molar-refractivity contribution in [2.75, 3.05) is 27.2 Å². The third-order valence-electron chi connectivity index (χ3n) is 3.84. The molecule has 0 radical (unpaired) electrons. The SMILES string of the molecule is CCNC(C#N)CCN(C)C(C)Cc1ccccc1OC. The largest absolute Gasteiger partial charge is 0.496 e. The summed E-state index contributed by atoms with van der Waals surface area (Å²) in [5, 5.41) is 12.3. The van der Waals surface area contributed by atoms with Crippen molar-refractivity contribution < 1.29 is 4.74 Å². The highest BCUT2D eigenvalue weighted by Crippen LogP contribution is 2.20. The van der Waals surface area contributed by atoms with Gasteiger partial charge >= 0.3 is 0 Å². The monoisotopic (exact) mass is 289 g/mol. The maximum absolute atomic E-state index is 9.06. The van der Waals surface area contributed by atoms with Crippen molar-refractivity contribution >= 4 is 0 Å². The van der Waals surface area contributed by atoms with Crippen LogP contribution in [0.5, 0.6) is 5.75 Å². The van der Waals surface area contributed by atoms with E-state index in [1.807, 2.05) is 25.1 Å². The fraction of sp³-hybridized carbons (Fsp3) is 0.588. The number of nitriles is 1. The van der Waals surface area contributed by atoms with Gasteiger partial charge in [0.05, 0.1) is 19.2 Å². The fourth-order valence-electron chi connectivity index (χ4n) is 2.36. The van der Waals surface area contributed by atoms with Crippen LogP contribution >= 0.6 is 0 Å². The van der Waals surface area contributed by atoms with Gasteiger partial charge in [0, 0.05) is 12.6 Å². The highest BCUT2D eigenvalue weighted by Gasteiger charge is 2.14. The lowest BCUT2D eigenvalue weighted by Gasteiger charge is -2.26. The van der Waals surface area contributed by atoms with Crippen molar-refractivity contribution in [3.05, 3.63) is 29.8 Å². The quantitative estimate of drug-likeness (QED) is 0.758. The van der Waals surface area contributed by atoms with Gasteiger partial charge in [-0.1, -0.05) is 25.1 Å². The van der Waals surface area contributed by atoms with E-state index in [1.54, 1.807) is 7.11 Å². The molecule has 1 N–H and O–H groups in total. The van der Waals surface area contributed by atoms with Crippen LogP contribution in [0.1, 0.15) is 25.8 Å². The van der Waals surface area contributed by atoms with Crippen LogP contribution in [0, 0.1) is 11.3 Å². The molecule has 116 valence electrons. The van der Waals surface area contributed by atoms with E-state index in [0.29, 0.717) is 6.04 Å². The zero-order chi connectivity index (χ0) is 15.7. The third kappa shape index (κ3) is 5.74. The average molecular weight is 289 g/mol. The van der Waals surface area contributed by atoms with Crippen LogP contribution in [0.3, 0.4) is 0 Å². The molecule has 0 fully saturated rings. The molecule has 0 aromatic heterocycles. The van der Waals surface area contributed by atoms with Gasteiger partial charge in [0.2, 0.25) is 0 Å². The zero-order valence-corrected chi connectivity index (χ0v) is 13.6. The predicted octanol–water partition coefficient (Wildman–Crippen LogP) is 2.45. The number of para-hydroxylation sites is 1. The summed E-state index contributed by atoms with van der Waals surface area (Å²) in [7, 11) is 3.82. The van der Waals surface area contributed by atoms with Crippen molar-refractivity contribution in [3.8, 4) is 11.8 Å². The van der Waals surface area contributed by atoms with Gasteiger partial charge in [-0.15, -0.1) is 0 Å². The van der Waals surface area contributed by atoms with E-state index in [9.17, 15) is 0 Å². The topological polar surface area (TPSA) is 48.3 Å². The first kappa shape index (κ1) is 17.5. The number of ether oxygens (including phenoxy) is 1. The Morgan fingerprint density at radius 1 is 1.38 bits per heavy atom. The molecule has 2 atom stereocenters. The minimum Gasteiger partial charge on any atom is -0.496 e. The van der Waals surface area contributed by atoms with E-state index in [1.165, 1.54) is 5.56 Å². The Balaban J connectivity index is 2.51. The average Bonchev–Trinajstić information content (AvgIpc) is 2.51. The maximum Gasteiger partial charge on any atom is 0.122 e. The molecule has 4 heteroatoms. The summed E-state index contributed by atoms with van der Waals surface area (Å²) >= 11 is 0. The first-order valence-electron chi connectivity index (χ1n) is 7.57. The number of methoxy groups -OCH3 is 1. The number of hydrogen-bond donors (Lipinski definition) is 1. The van der Waals surface area contributed by atoms with Gasteiger partial charge < -0.3 is 15.0 Å². The lowest BCUT2D eigenvalue weighted by Crippen LogP contribution is -2.36. The van der Waals surface area contributed by atoms with Gasteiger partial charge in [0.1, 0.15) is 5.75 Å². The summed E-state index contributed by atoms with van der Waals surface area (Å²) in [6, 6.07) is 10.8. The van der Waals surface area contributed by atoms with Gasteiger partial charge in [-0.25, -0.2) is 0 Å². The Kier molecular flexibility index (Phi) is 7.81. The highest BCUT2D eigenvalue weighted by atomic mass is 16.5. The second-order valence-corrected chi connectivity index (χ2v) is 5.37. The molecular weight excluding hydrogens is 262 g/mol. The van der Waals surface area contributed by atoms with Crippen molar-refractivity contribution in [1.29, 1.82) is 5.26 Å². The van der Waals surface area contributed by atoms with E-state index >= 15 is 0 Å². The Morgan fingerprint density at radius 2 is 2.10 bits per heavy atom. The molecule has 4 nitrogen and oxygen atoms in total. The fourth-order valence-corrected chi connectivity index (χ4v) is 2.36. The molecule has 0 saturated carbocycles. The summed E-state index contributed by atoms with van der Waals surface area (Å²) in [4.78, 5) is 2.30. The molecule has 0 spiro atoms. The molecule has 2 unspecified atom stereocenters. The molecule has 0 aliphatic carbocycles. The van der Waals surface area contributed by atoms with Crippen LogP contribution < -0.4 is 10.1 Å². The molecule has 1 rings (SSSR count). The third-order valence-corrected chi connectivity index (χ3v) is 3.84. The summed E-state index contributed by atoms with van der Waals surface area (Å²) in [5.74, 6) is 0.945. The Labute approximate surface area is 128 Å². The van der Waals surface area contributed by atoms with Gasteiger partial charge in [0.15, 0.2) is 0 Å². The molecular formula is C17H27N3O. The summed E-state index contributed by atoms with van der Waals surface area (Å²) in [6.07, 6.45) is 1.79. The first-order valence-corrected chi connectivity index (χ1v) is 7.57. The molecule has 0 aliphatic rings. The Hall–Kier alpha value is -1.57. The molecule has 21 heavy (non-hydrogen) atoms.